The lowest BCUT2D eigenvalue weighted by Crippen LogP contribution is -2.46. The van der Waals surface area contributed by atoms with Crippen molar-refractivity contribution >= 4 is 11.6 Å². The van der Waals surface area contributed by atoms with Crippen molar-refractivity contribution in [3.8, 4) is 6.07 Å². The number of nitrogens with one attached hydrogen (secondary N) is 3. The van der Waals surface area contributed by atoms with Gasteiger partial charge >= 0.3 is 0 Å². The topological polar surface area (TPSA) is 80.7 Å². The quantitative estimate of drug-likeness (QED) is 0.758. The summed E-state index contributed by atoms with van der Waals surface area (Å²) in [6.45, 7) is 0. The molecule has 1 amide bonds. The van der Waals surface area contributed by atoms with Crippen LogP contribution in [0.25, 0.3) is 0 Å². The summed E-state index contributed by atoms with van der Waals surface area (Å²) in [6.07, 6.45) is 6.50. The Hall–Kier alpha value is -1.80. The lowest BCUT2D eigenvalue weighted by atomic mass is 9.77. The molecule has 1 heterocycles. The van der Waals surface area contributed by atoms with Gasteiger partial charge in [-0.3, -0.25) is 4.79 Å². The summed E-state index contributed by atoms with van der Waals surface area (Å²) in [6, 6.07) is 4.15. The number of rotatable bonds is 3. The second-order valence-electron chi connectivity index (χ2n) is 4.81. The van der Waals surface area contributed by atoms with Gasteiger partial charge in [-0.05, 0) is 38.8 Å². The van der Waals surface area contributed by atoms with Gasteiger partial charge in [0.15, 0.2) is 0 Å². The lowest BCUT2D eigenvalue weighted by Gasteiger charge is -2.33. The lowest BCUT2D eigenvalue weighted by molar-refractivity contribution is -0.121. The van der Waals surface area contributed by atoms with Crippen molar-refractivity contribution in [1.29, 1.82) is 5.26 Å². The first-order valence-electron chi connectivity index (χ1n) is 6.23. The molecule has 3 N–H and O–H groups in total. The van der Waals surface area contributed by atoms with E-state index in [-0.39, 0.29) is 11.8 Å². The Morgan fingerprint density at radius 2 is 2.28 bits per heavy atom. The van der Waals surface area contributed by atoms with Gasteiger partial charge in [0.1, 0.15) is 5.54 Å². The molecule has 18 heavy (non-hydrogen) atoms. The fourth-order valence-corrected chi connectivity index (χ4v) is 2.44. The predicted octanol–water partition coefficient (Wildman–Crippen LogP) is 1.63. The Labute approximate surface area is 107 Å². The highest BCUT2D eigenvalue weighted by Gasteiger charge is 2.36. The van der Waals surface area contributed by atoms with Gasteiger partial charge in [-0.15, -0.1) is 0 Å². The summed E-state index contributed by atoms with van der Waals surface area (Å²) in [7, 11) is 1.81. The van der Waals surface area contributed by atoms with Crippen LogP contribution in [0, 0.1) is 17.2 Å². The van der Waals surface area contributed by atoms with Crippen LogP contribution in [0.4, 0.5) is 5.69 Å². The highest BCUT2D eigenvalue weighted by atomic mass is 16.1. The van der Waals surface area contributed by atoms with Crippen LogP contribution in [0.5, 0.6) is 0 Å². The zero-order valence-corrected chi connectivity index (χ0v) is 10.5. The summed E-state index contributed by atoms with van der Waals surface area (Å²) in [5.41, 5.74) is 0.357. The zero-order valence-electron chi connectivity index (χ0n) is 10.5. The van der Waals surface area contributed by atoms with E-state index in [1.807, 2.05) is 13.1 Å². The molecule has 1 fully saturated rings. The monoisotopic (exact) mass is 246 g/mol. The molecule has 0 bridgehead atoms. The van der Waals surface area contributed by atoms with E-state index in [2.05, 4.69) is 21.7 Å². The number of nitrogens with zero attached hydrogens (tertiary/aromatic N) is 1. The van der Waals surface area contributed by atoms with Crippen molar-refractivity contribution in [2.75, 3.05) is 12.4 Å². The SMILES string of the molecule is CNC1(C#N)CCC(C(=O)Nc2cc[nH]c2)CC1. The largest absolute Gasteiger partial charge is 0.366 e. The van der Waals surface area contributed by atoms with Gasteiger partial charge in [0.2, 0.25) is 5.91 Å². The fraction of sp³-hybridized carbons (Fsp3) is 0.538. The van der Waals surface area contributed by atoms with Crippen LogP contribution in [-0.4, -0.2) is 23.5 Å². The van der Waals surface area contributed by atoms with Gasteiger partial charge < -0.3 is 15.6 Å². The normalized spacial score (nSPS) is 27.4. The smallest absolute Gasteiger partial charge is 0.227 e. The average Bonchev–Trinajstić information content (AvgIpc) is 2.91. The minimum absolute atomic E-state index is 0.00900. The number of anilines is 1. The molecule has 1 aromatic rings. The Morgan fingerprint density at radius 1 is 1.56 bits per heavy atom. The molecule has 1 aromatic heterocycles. The van der Waals surface area contributed by atoms with Crippen molar-refractivity contribution < 1.29 is 4.79 Å². The average molecular weight is 246 g/mol. The van der Waals surface area contributed by atoms with Gasteiger partial charge in [0.25, 0.3) is 0 Å². The molecule has 1 saturated carbocycles. The minimum Gasteiger partial charge on any atom is -0.366 e. The van der Waals surface area contributed by atoms with Crippen molar-refractivity contribution in [3.05, 3.63) is 18.5 Å². The van der Waals surface area contributed by atoms with E-state index in [4.69, 9.17) is 5.26 Å². The van der Waals surface area contributed by atoms with Crippen LogP contribution in [0.1, 0.15) is 25.7 Å². The Morgan fingerprint density at radius 3 is 2.78 bits per heavy atom. The van der Waals surface area contributed by atoms with Crippen molar-refractivity contribution in [3.63, 3.8) is 0 Å². The molecule has 5 heteroatoms. The maximum absolute atomic E-state index is 12.0. The number of amides is 1. The number of hydrogen-bond acceptors (Lipinski definition) is 3. The minimum atomic E-state index is -0.440. The zero-order chi connectivity index (χ0) is 13.0. The van der Waals surface area contributed by atoms with Gasteiger partial charge in [0.05, 0.1) is 11.8 Å². The highest BCUT2D eigenvalue weighted by Crippen LogP contribution is 2.32. The number of H-pyrrole nitrogens is 1. The van der Waals surface area contributed by atoms with Crippen molar-refractivity contribution in [1.82, 2.24) is 10.3 Å². The molecule has 0 saturated heterocycles. The Balaban J connectivity index is 1.90. The van der Waals surface area contributed by atoms with Gasteiger partial charge in [-0.2, -0.15) is 5.26 Å². The third kappa shape index (κ3) is 2.54. The summed E-state index contributed by atoms with van der Waals surface area (Å²) in [5.74, 6) is 0.0620. The number of aromatic nitrogens is 1. The molecule has 0 unspecified atom stereocenters. The highest BCUT2D eigenvalue weighted by molar-refractivity contribution is 5.92. The van der Waals surface area contributed by atoms with Gasteiger partial charge in [-0.1, -0.05) is 0 Å². The van der Waals surface area contributed by atoms with Crippen LogP contribution in [0.3, 0.4) is 0 Å². The van der Waals surface area contributed by atoms with Crippen LogP contribution in [0.2, 0.25) is 0 Å². The molecular weight excluding hydrogens is 228 g/mol. The number of carbonyl (C=O) groups excluding carboxylic acids is 1. The number of nitriles is 1. The third-order valence-electron chi connectivity index (χ3n) is 3.77. The second kappa shape index (κ2) is 5.23. The first kappa shape index (κ1) is 12.7. The summed E-state index contributed by atoms with van der Waals surface area (Å²) in [5, 5.41) is 15.1. The Kier molecular flexibility index (Phi) is 3.68. The van der Waals surface area contributed by atoms with E-state index in [0.717, 1.165) is 31.4 Å². The van der Waals surface area contributed by atoms with E-state index in [1.165, 1.54) is 0 Å². The van der Waals surface area contributed by atoms with E-state index < -0.39 is 5.54 Å². The summed E-state index contributed by atoms with van der Waals surface area (Å²) in [4.78, 5) is 14.9. The van der Waals surface area contributed by atoms with E-state index in [9.17, 15) is 4.79 Å². The molecule has 0 atom stereocenters. The molecule has 0 aromatic carbocycles. The number of carbonyl (C=O) groups is 1. The standard InChI is InChI=1S/C13H18N4O/c1-15-13(9-14)5-2-10(3-6-13)12(18)17-11-4-7-16-8-11/h4,7-8,10,15-16H,2-3,5-6H2,1H3,(H,17,18). The first-order valence-corrected chi connectivity index (χ1v) is 6.23. The molecule has 5 nitrogen and oxygen atoms in total. The molecule has 96 valence electrons. The molecule has 2 rings (SSSR count). The Bertz CT molecular complexity index is 438. The van der Waals surface area contributed by atoms with Gasteiger partial charge in [0, 0.05) is 18.3 Å². The summed E-state index contributed by atoms with van der Waals surface area (Å²) >= 11 is 0. The number of hydrogen-bond donors (Lipinski definition) is 3. The predicted molar refractivity (Wildman–Crippen MR) is 68.8 cm³/mol. The molecular formula is C13H18N4O. The van der Waals surface area contributed by atoms with E-state index in [0.29, 0.717) is 0 Å². The fourth-order valence-electron chi connectivity index (χ4n) is 2.44. The van der Waals surface area contributed by atoms with Crippen LogP contribution in [-0.2, 0) is 4.79 Å². The van der Waals surface area contributed by atoms with E-state index in [1.54, 1.807) is 12.4 Å². The van der Waals surface area contributed by atoms with E-state index >= 15 is 0 Å². The number of aromatic amines is 1. The van der Waals surface area contributed by atoms with Crippen molar-refractivity contribution in [2.24, 2.45) is 5.92 Å². The third-order valence-corrected chi connectivity index (χ3v) is 3.77. The van der Waals surface area contributed by atoms with Crippen LogP contribution in [0.15, 0.2) is 18.5 Å². The second-order valence-corrected chi connectivity index (χ2v) is 4.81. The summed E-state index contributed by atoms with van der Waals surface area (Å²) < 4.78 is 0. The van der Waals surface area contributed by atoms with Gasteiger partial charge in [-0.25, -0.2) is 0 Å². The molecule has 0 radical (unpaired) electrons. The first-order chi connectivity index (χ1) is 8.69. The molecule has 1 aliphatic carbocycles. The molecule has 0 aliphatic heterocycles. The maximum Gasteiger partial charge on any atom is 0.227 e. The van der Waals surface area contributed by atoms with Crippen LogP contribution >= 0.6 is 0 Å². The maximum atomic E-state index is 12.0. The van der Waals surface area contributed by atoms with Crippen LogP contribution < -0.4 is 10.6 Å². The molecule has 1 aliphatic rings. The molecule has 0 spiro atoms. The van der Waals surface area contributed by atoms with Crippen molar-refractivity contribution in [2.45, 2.75) is 31.2 Å².